The van der Waals surface area contributed by atoms with Gasteiger partial charge >= 0.3 is 0 Å². The van der Waals surface area contributed by atoms with E-state index >= 15 is 0 Å². The van der Waals surface area contributed by atoms with Crippen LogP contribution in [0, 0.1) is 11.3 Å². The predicted octanol–water partition coefficient (Wildman–Crippen LogP) is 0.289. The normalized spacial score (nSPS) is 27.8. The molecule has 2 atom stereocenters. The summed E-state index contributed by atoms with van der Waals surface area (Å²) in [5.41, 5.74) is 0.518. The average Bonchev–Trinajstić information content (AvgIpc) is 2.40. The van der Waals surface area contributed by atoms with Gasteiger partial charge < -0.3 is 10.2 Å². The van der Waals surface area contributed by atoms with Gasteiger partial charge in [-0.15, -0.1) is 0 Å². The molecule has 3 aliphatic heterocycles. The molecule has 3 aliphatic rings. The van der Waals surface area contributed by atoms with Crippen LogP contribution in [-0.4, -0.2) is 35.1 Å². The second-order valence-corrected chi connectivity index (χ2v) is 4.37. The molecular weight excluding hydrogens is 202 g/mol. The molecule has 82 valence electrons. The number of rotatable bonds is 1. The molecule has 3 saturated heterocycles. The number of nitriles is 1. The second-order valence-electron chi connectivity index (χ2n) is 4.37. The Morgan fingerprint density at radius 1 is 1.38 bits per heavy atom. The van der Waals surface area contributed by atoms with Crippen LogP contribution in [0.3, 0.4) is 0 Å². The first-order chi connectivity index (χ1) is 7.86. The Hall–Kier alpha value is -1.67. The van der Waals surface area contributed by atoms with Crippen LogP contribution in [-0.2, 0) is 0 Å². The summed E-state index contributed by atoms with van der Waals surface area (Å²) >= 11 is 0. The van der Waals surface area contributed by atoms with E-state index in [-0.39, 0.29) is 0 Å². The highest BCUT2D eigenvalue weighted by molar-refractivity contribution is 5.36. The standard InChI is InChI=1S/C11H13N5/c12-3-8-4-14-11(15-5-8)16-7-9-1-2-10(16)6-13-9/h4-5,9-10,13H,1-2,6-7H2/t9-,10+/m1/s1. The third kappa shape index (κ3) is 1.51. The van der Waals surface area contributed by atoms with Gasteiger partial charge in [0, 0.05) is 25.2 Å². The Bertz CT molecular complexity index is 413. The summed E-state index contributed by atoms with van der Waals surface area (Å²) in [6.45, 7) is 2.00. The van der Waals surface area contributed by atoms with Crippen molar-refractivity contribution in [2.75, 3.05) is 18.0 Å². The highest BCUT2D eigenvalue weighted by Gasteiger charge is 2.34. The Kier molecular flexibility index (Phi) is 2.22. The van der Waals surface area contributed by atoms with Crippen molar-refractivity contribution in [3.05, 3.63) is 18.0 Å². The first kappa shape index (κ1) is 9.55. The largest absolute Gasteiger partial charge is 0.335 e. The lowest BCUT2D eigenvalue weighted by Gasteiger charge is -2.45. The second kappa shape index (κ2) is 3.72. The van der Waals surface area contributed by atoms with Gasteiger partial charge in [0.2, 0.25) is 5.95 Å². The number of aromatic nitrogens is 2. The maximum Gasteiger partial charge on any atom is 0.225 e. The molecule has 4 heterocycles. The van der Waals surface area contributed by atoms with E-state index in [1.807, 2.05) is 6.07 Å². The van der Waals surface area contributed by atoms with E-state index in [0.29, 0.717) is 17.6 Å². The molecule has 0 saturated carbocycles. The Balaban J connectivity index is 1.84. The molecule has 3 fully saturated rings. The molecule has 0 aliphatic carbocycles. The fourth-order valence-corrected chi connectivity index (χ4v) is 2.48. The van der Waals surface area contributed by atoms with E-state index in [4.69, 9.17) is 5.26 Å². The fraction of sp³-hybridized carbons (Fsp3) is 0.545. The van der Waals surface area contributed by atoms with E-state index in [9.17, 15) is 0 Å². The molecule has 0 amide bonds. The molecule has 0 unspecified atom stereocenters. The first-order valence-corrected chi connectivity index (χ1v) is 5.59. The molecule has 4 rings (SSSR count). The van der Waals surface area contributed by atoms with E-state index in [1.165, 1.54) is 12.8 Å². The van der Waals surface area contributed by atoms with Crippen LogP contribution in [0.5, 0.6) is 0 Å². The topological polar surface area (TPSA) is 64.8 Å². The van der Waals surface area contributed by atoms with Crippen molar-refractivity contribution in [3.8, 4) is 6.07 Å². The van der Waals surface area contributed by atoms with Gasteiger partial charge in [-0.05, 0) is 12.8 Å². The zero-order valence-electron chi connectivity index (χ0n) is 8.93. The zero-order valence-corrected chi connectivity index (χ0v) is 8.93. The predicted molar refractivity (Wildman–Crippen MR) is 58.9 cm³/mol. The van der Waals surface area contributed by atoms with Crippen LogP contribution in [0.4, 0.5) is 5.95 Å². The van der Waals surface area contributed by atoms with Crippen LogP contribution in [0.2, 0.25) is 0 Å². The number of fused-ring (bicyclic) bond motifs is 3. The number of piperazine rings is 1. The number of piperidine rings is 2. The molecule has 2 bridgehead atoms. The zero-order chi connectivity index (χ0) is 11.0. The Morgan fingerprint density at radius 2 is 2.19 bits per heavy atom. The first-order valence-electron chi connectivity index (χ1n) is 5.59. The minimum atomic E-state index is 0.512. The maximum absolute atomic E-state index is 8.69. The van der Waals surface area contributed by atoms with Crippen molar-refractivity contribution < 1.29 is 0 Å². The van der Waals surface area contributed by atoms with Gasteiger partial charge in [-0.25, -0.2) is 9.97 Å². The van der Waals surface area contributed by atoms with Crippen LogP contribution in [0.15, 0.2) is 12.4 Å². The molecule has 5 heteroatoms. The monoisotopic (exact) mass is 215 g/mol. The molecule has 0 spiro atoms. The van der Waals surface area contributed by atoms with Crippen LogP contribution in [0.1, 0.15) is 18.4 Å². The number of hydrogen-bond acceptors (Lipinski definition) is 5. The van der Waals surface area contributed by atoms with Crippen molar-refractivity contribution in [1.29, 1.82) is 5.26 Å². The van der Waals surface area contributed by atoms with Crippen molar-refractivity contribution >= 4 is 5.95 Å². The summed E-state index contributed by atoms with van der Waals surface area (Å²) < 4.78 is 0. The lowest BCUT2D eigenvalue weighted by atomic mass is 9.93. The minimum Gasteiger partial charge on any atom is -0.335 e. The third-order valence-electron chi connectivity index (χ3n) is 3.37. The number of hydrogen-bond donors (Lipinski definition) is 1. The summed E-state index contributed by atoms with van der Waals surface area (Å²) in [5.74, 6) is 0.759. The molecule has 0 aromatic carbocycles. The highest BCUT2D eigenvalue weighted by atomic mass is 15.3. The smallest absolute Gasteiger partial charge is 0.225 e. The van der Waals surface area contributed by atoms with E-state index in [1.54, 1.807) is 12.4 Å². The summed E-state index contributed by atoms with van der Waals surface area (Å²) in [6, 6.07) is 3.12. The quantitative estimate of drug-likeness (QED) is 0.729. The number of nitrogens with zero attached hydrogens (tertiary/aromatic N) is 4. The summed E-state index contributed by atoms with van der Waals surface area (Å²) in [5, 5.41) is 12.2. The van der Waals surface area contributed by atoms with Gasteiger partial charge in [-0.3, -0.25) is 0 Å². The Morgan fingerprint density at radius 3 is 2.69 bits per heavy atom. The van der Waals surface area contributed by atoms with Crippen molar-refractivity contribution in [3.63, 3.8) is 0 Å². The molecular formula is C11H13N5. The van der Waals surface area contributed by atoms with E-state index in [0.717, 1.165) is 19.0 Å². The van der Waals surface area contributed by atoms with E-state index < -0.39 is 0 Å². The molecule has 1 aromatic heterocycles. The number of anilines is 1. The maximum atomic E-state index is 8.69. The van der Waals surface area contributed by atoms with Gasteiger partial charge in [0.25, 0.3) is 0 Å². The van der Waals surface area contributed by atoms with Crippen LogP contribution < -0.4 is 10.2 Å². The summed E-state index contributed by atoms with van der Waals surface area (Å²) in [4.78, 5) is 10.8. The molecule has 1 aromatic rings. The van der Waals surface area contributed by atoms with Crippen molar-refractivity contribution in [2.45, 2.75) is 24.9 Å². The SMILES string of the molecule is N#Cc1cnc(N2C[C@H]3CC[C@H]2CN3)nc1. The fourth-order valence-electron chi connectivity index (χ4n) is 2.48. The van der Waals surface area contributed by atoms with E-state index in [2.05, 4.69) is 20.2 Å². The average molecular weight is 215 g/mol. The number of nitrogens with one attached hydrogen (secondary N) is 1. The van der Waals surface area contributed by atoms with Gasteiger partial charge in [-0.1, -0.05) is 0 Å². The summed E-state index contributed by atoms with van der Waals surface area (Å²) in [7, 11) is 0. The van der Waals surface area contributed by atoms with Gasteiger partial charge in [0.05, 0.1) is 18.0 Å². The summed E-state index contributed by atoms with van der Waals surface area (Å²) in [6.07, 6.45) is 5.65. The van der Waals surface area contributed by atoms with Gasteiger partial charge in [0.1, 0.15) is 6.07 Å². The van der Waals surface area contributed by atoms with Crippen molar-refractivity contribution in [1.82, 2.24) is 15.3 Å². The third-order valence-corrected chi connectivity index (χ3v) is 3.37. The van der Waals surface area contributed by atoms with Gasteiger partial charge in [0.15, 0.2) is 0 Å². The minimum absolute atomic E-state index is 0.512. The lowest BCUT2D eigenvalue weighted by Crippen LogP contribution is -2.61. The molecule has 1 N–H and O–H groups in total. The molecule has 5 nitrogen and oxygen atoms in total. The molecule has 16 heavy (non-hydrogen) atoms. The highest BCUT2D eigenvalue weighted by Crippen LogP contribution is 2.25. The molecule has 0 radical (unpaired) electrons. The van der Waals surface area contributed by atoms with Crippen LogP contribution in [0.25, 0.3) is 0 Å². The van der Waals surface area contributed by atoms with Gasteiger partial charge in [-0.2, -0.15) is 5.26 Å². The van der Waals surface area contributed by atoms with Crippen molar-refractivity contribution in [2.24, 2.45) is 0 Å². The van der Waals surface area contributed by atoms with Crippen LogP contribution >= 0.6 is 0 Å². The lowest BCUT2D eigenvalue weighted by molar-refractivity contribution is 0.287. The Labute approximate surface area is 94.1 Å².